The summed E-state index contributed by atoms with van der Waals surface area (Å²) in [6.07, 6.45) is 1.83. The first-order chi connectivity index (χ1) is 18.5. The Labute approximate surface area is 226 Å². The average Bonchev–Trinajstić information content (AvgIpc) is 3.36. The van der Waals surface area contributed by atoms with Crippen molar-refractivity contribution in [2.45, 2.75) is 20.8 Å². The van der Waals surface area contributed by atoms with Gasteiger partial charge >= 0.3 is 0 Å². The Morgan fingerprint density at radius 1 is 0.737 bits per heavy atom. The molecule has 38 heavy (non-hydrogen) atoms. The average molecular weight is 514 g/mol. The summed E-state index contributed by atoms with van der Waals surface area (Å²) in [6, 6.07) is 32.6. The van der Waals surface area contributed by atoms with E-state index < -0.39 is 0 Å². The van der Waals surface area contributed by atoms with Gasteiger partial charge in [-0.05, 0) is 79.9 Å². The van der Waals surface area contributed by atoms with Gasteiger partial charge in [-0.2, -0.15) is 0 Å². The number of thiazole rings is 1. The molecule has 0 spiro atoms. The predicted octanol–water partition coefficient (Wildman–Crippen LogP) is 9.13. The number of fused-ring (bicyclic) bond motifs is 1. The van der Waals surface area contributed by atoms with E-state index in [4.69, 9.17) is 9.97 Å². The molecule has 0 unspecified atom stereocenters. The normalized spacial score (nSPS) is 11.1. The Morgan fingerprint density at radius 2 is 1.47 bits per heavy atom. The fourth-order valence-corrected chi connectivity index (χ4v) is 6.18. The number of hydrogen-bond acceptors (Lipinski definition) is 5. The highest BCUT2D eigenvalue weighted by Crippen LogP contribution is 2.42. The van der Waals surface area contributed by atoms with Gasteiger partial charge < -0.3 is 5.11 Å². The lowest BCUT2D eigenvalue weighted by molar-refractivity contribution is 0.477. The molecule has 0 saturated carbocycles. The molecular formula is C33H27N3OS. The standard InChI is InChI=1S/C33H27N3OS/c1-21-18-22(2)32(23(3)19-21)36(30-16-6-7-17-34-30)25-11-8-10-24(20-25)26-13-9-15-29-31(26)35-33(38-29)27-12-4-5-14-28(27)37/h4-20,37H,1-3H3. The zero-order valence-electron chi connectivity index (χ0n) is 21.5. The van der Waals surface area contributed by atoms with Crippen molar-refractivity contribution in [2.24, 2.45) is 0 Å². The Kier molecular flexibility index (Phi) is 6.14. The van der Waals surface area contributed by atoms with E-state index in [0.29, 0.717) is 0 Å². The third-order valence-corrected chi connectivity index (χ3v) is 7.76. The molecule has 0 saturated heterocycles. The van der Waals surface area contributed by atoms with Crippen LogP contribution in [0, 0.1) is 20.8 Å². The second kappa shape index (κ2) is 9.77. The number of anilines is 3. The third kappa shape index (κ3) is 4.31. The van der Waals surface area contributed by atoms with Crippen molar-refractivity contribution >= 4 is 38.7 Å². The fourth-order valence-electron chi connectivity index (χ4n) is 5.15. The Bertz CT molecular complexity index is 1750. The number of phenols is 1. The molecule has 4 nitrogen and oxygen atoms in total. The van der Waals surface area contributed by atoms with Gasteiger partial charge in [0.1, 0.15) is 16.6 Å². The molecule has 0 aliphatic rings. The smallest absolute Gasteiger partial charge is 0.137 e. The molecule has 2 heterocycles. The number of para-hydroxylation sites is 2. The molecule has 6 rings (SSSR count). The van der Waals surface area contributed by atoms with Crippen LogP contribution in [0.3, 0.4) is 0 Å². The molecule has 2 aromatic heterocycles. The largest absolute Gasteiger partial charge is 0.507 e. The van der Waals surface area contributed by atoms with Gasteiger partial charge in [0.15, 0.2) is 0 Å². The van der Waals surface area contributed by atoms with E-state index in [9.17, 15) is 5.11 Å². The minimum absolute atomic E-state index is 0.241. The second-order valence-electron chi connectivity index (χ2n) is 9.51. The minimum atomic E-state index is 0.241. The monoisotopic (exact) mass is 513 g/mol. The lowest BCUT2D eigenvalue weighted by atomic mass is 10.0. The molecule has 0 radical (unpaired) electrons. The summed E-state index contributed by atoms with van der Waals surface area (Å²) < 4.78 is 1.08. The molecule has 0 fully saturated rings. The highest BCUT2D eigenvalue weighted by molar-refractivity contribution is 7.21. The summed E-state index contributed by atoms with van der Waals surface area (Å²) in [5.74, 6) is 1.11. The maximum Gasteiger partial charge on any atom is 0.137 e. The van der Waals surface area contributed by atoms with E-state index in [-0.39, 0.29) is 5.75 Å². The van der Waals surface area contributed by atoms with Gasteiger partial charge in [-0.25, -0.2) is 9.97 Å². The molecule has 1 N–H and O–H groups in total. The molecule has 0 aliphatic carbocycles. The molecule has 0 aliphatic heterocycles. The quantitative estimate of drug-likeness (QED) is 0.250. The van der Waals surface area contributed by atoms with Crippen molar-refractivity contribution in [1.29, 1.82) is 0 Å². The molecule has 6 aromatic rings. The number of benzene rings is 4. The summed E-state index contributed by atoms with van der Waals surface area (Å²) in [4.78, 5) is 11.9. The SMILES string of the molecule is Cc1cc(C)c(N(c2cccc(-c3cccc4sc(-c5ccccc5O)nc34)c2)c2ccccn2)c(C)c1. The summed E-state index contributed by atoms with van der Waals surface area (Å²) in [7, 11) is 0. The van der Waals surface area contributed by atoms with Gasteiger partial charge in [-0.3, -0.25) is 4.90 Å². The summed E-state index contributed by atoms with van der Waals surface area (Å²) in [6.45, 7) is 6.45. The van der Waals surface area contributed by atoms with Gasteiger partial charge in [0, 0.05) is 17.4 Å². The third-order valence-electron chi connectivity index (χ3n) is 6.71. The van der Waals surface area contributed by atoms with E-state index in [1.165, 1.54) is 16.7 Å². The maximum atomic E-state index is 10.4. The van der Waals surface area contributed by atoms with Gasteiger partial charge in [0.2, 0.25) is 0 Å². The molecule has 4 aromatic carbocycles. The highest BCUT2D eigenvalue weighted by Gasteiger charge is 2.20. The van der Waals surface area contributed by atoms with Crippen LogP contribution < -0.4 is 4.90 Å². The predicted molar refractivity (Wildman–Crippen MR) is 159 cm³/mol. The Hall–Kier alpha value is -4.48. The number of aryl methyl sites for hydroxylation is 3. The number of aromatic hydroxyl groups is 1. The van der Waals surface area contributed by atoms with Crippen molar-refractivity contribution in [3.05, 3.63) is 120 Å². The molecule has 0 atom stereocenters. The van der Waals surface area contributed by atoms with Crippen LogP contribution in [0.25, 0.3) is 31.9 Å². The summed E-state index contributed by atoms with van der Waals surface area (Å²) >= 11 is 1.59. The van der Waals surface area contributed by atoms with Crippen LogP contribution in [0.2, 0.25) is 0 Å². The van der Waals surface area contributed by atoms with Crippen LogP contribution in [0.5, 0.6) is 5.75 Å². The van der Waals surface area contributed by atoms with Crippen LogP contribution in [0.15, 0.2) is 103 Å². The molecule has 0 amide bonds. The van der Waals surface area contributed by atoms with E-state index >= 15 is 0 Å². The van der Waals surface area contributed by atoms with E-state index in [0.717, 1.165) is 49.1 Å². The van der Waals surface area contributed by atoms with Crippen molar-refractivity contribution in [2.75, 3.05) is 4.90 Å². The number of pyridine rings is 1. The Balaban J connectivity index is 1.51. The zero-order valence-corrected chi connectivity index (χ0v) is 22.3. The van der Waals surface area contributed by atoms with E-state index in [1.54, 1.807) is 17.4 Å². The number of phenolic OH excluding ortho intramolecular Hbond substituents is 1. The first kappa shape index (κ1) is 23.9. The number of aromatic nitrogens is 2. The number of nitrogens with zero attached hydrogens (tertiary/aromatic N) is 3. The van der Waals surface area contributed by atoms with Crippen molar-refractivity contribution in [3.8, 4) is 27.4 Å². The fraction of sp³-hybridized carbons (Fsp3) is 0.0909. The van der Waals surface area contributed by atoms with Crippen molar-refractivity contribution in [1.82, 2.24) is 9.97 Å². The van der Waals surface area contributed by atoms with E-state index in [2.05, 4.69) is 80.3 Å². The van der Waals surface area contributed by atoms with Gasteiger partial charge in [-0.15, -0.1) is 11.3 Å². The van der Waals surface area contributed by atoms with Crippen LogP contribution in [-0.2, 0) is 0 Å². The highest BCUT2D eigenvalue weighted by atomic mass is 32.1. The first-order valence-corrected chi connectivity index (χ1v) is 13.4. The van der Waals surface area contributed by atoms with E-state index in [1.807, 2.05) is 42.6 Å². The molecular weight excluding hydrogens is 486 g/mol. The van der Waals surface area contributed by atoms with Gasteiger partial charge in [0.05, 0.1) is 21.5 Å². The van der Waals surface area contributed by atoms with Gasteiger partial charge in [0.25, 0.3) is 0 Å². The van der Waals surface area contributed by atoms with Crippen LogP contribution in [0.4, 0.5) is 17.2 Å². The lowest BCUT2D eigenvalue weighted by Crippen LogP contribution is -2.14. The van der Waals surface area contributed by atoms with Crippen LogP contribution in [0.1, 0.15) is 16.7 Å². The first-order valence-electron chi connectivity index (χ1n) is 12.6. The van der Waals surface area contributed by atoms with Crippen LogP contribution in [-0.4, -0.2) is 15.1 Å². The summed E-state index contributed by atoms with van der Waals surface area (Å²) in [5.41, 5.74) is 9.63. The Morgan fingerprint density at radius 3 is 2.24 bits per heavy atom. The number of hydrogen-bond donors (Lipinski definition) is 1. The zero-order chi connectivity index (χ0) is 26.2. The molecule has 186 valence electrons. The number of rotatable bonds is 5. The molecule has 5 heteroatoms. The molecule has 0 bridgehead atoms. The maximum absolute atomic E-state index is 10.4. The minimum Gasteiger partial charge on any atom is -0.507 e. The van der Waals surface area contributed by atoms with Crippen LogP contribution >= 0.6 is 11.3 Å². The van der Waals surface area contributed by atoms with Crippen molar-refractivity contribution in [3.63, 3.8) is 0 Å². The second-order valence-corrected chi connectivity index (χ2v) is 10.5. The van der Waals surface area contributed by atoms with Gasteiger partial charge in [-0.1, -0.05) is 60.2 Å². The lowest BCUT2D eigenvalue weighted by Gasteiger charge is -2.28. The summed E-state index contributed by atoms with van der Waals surface area (Å²) in [5, 5.41) is 11.2. The topological polar surface area (TPSA) is 49.2 Å². The van der Waals surface area contributed by atoms with Crippen molar-refractivity contribution < 1.29 is 5.11 Å².